The molecular weight excluding hydrogens is 321 g/mol. The van der Waals surface area contributed by atoms with Crippen molar-refractivity contribution >= 4 is 29.3 Å². The number of nitrogens with zero attached hydrogens (tertiary/aromatic N) is 3. The molecule has 0 spiro atoms. The van der Waals surface area contributed by atoms with Crippen molar-refractivity contribution in [2.45, 2.75) is 37.8 Å². The summed E-state index contributed by atoms with van der Waals surface area (Å²) in [5.74, 6) is 0. The number of hydrogen-bond acceptors (Lipinski definition) is 3. The van der Waals surface area contributed by atoms with E-state index in [1.807, 2.05) is 12.1 Å². The predicted molar refractivity (Wildman–Crippen MR) is 87.9 cm³/mol. The average molecular weight is 338 g/mol. The van der Waals surface area contributed by atoms with E-state index in [1.165, 1.54) is 6.33 Å². The molecule has 6 heteroatoms. The minimum Gasteiger partial charge on any atom is -0.384 e. The van der Waals surface area contributed by atoms with E-state index in [0.29, 0.717) is 23.0 Å². The van der Waals surface area contributed by atoms with Crippen LogP contribution in [0.4, 0.5) is 0 Å². The molecule has 116 valence electrons. The molecule has 0 radical (unpaired) electrons. The van der Waals surface area contributed by atoms with Gasteiger partial charge in [0, 0.05) is 10.0 Å². The Balaban J connectivity index is 1.93. The van der Waals surface area contributed by atoms with Crippen LogP contribution in [0, 0.1) is 0 Å². The van der Waals surface area contributed by atoms with E-state index in [4.69, 9.17) is 23.2 Å². The van der Waals surface area contributed by atoms with Crippen molar-refractivity contribution in [3.05, 3.63) is 52.0 Å². The summed E-state index contributed by atoms with van der Waals surface area (Å²) in [5, 5.41) is 16.4. The predicted octanol–water partition coefficient (Wildman–Crippen LogP) is 3.97. The van der Waals surface area contributed by atoms with Crippen LogP contribution in [-0.4, -0.2) is 25.5 Å². The molecule has 3 rings (SSSR count). The van der Waals surface area contributed by atoms with E-state index >= 15 is 0 Å². The molecule has 1 fully saturated rings. The Kier molecular flexibility index (Phi) is 4.52. The normalized spacial score (nSPS) is 23.9. The van der Waals surface area contributed by atoms with Crippen LogP contribution < -0.4 is 0 Å². The molecule has 1 aromatic heterocycles. The number of benzene rings is 1. The van der Waals surface area contributed by atoms with Gasteiger partial charge in [-0.3, -0.25) is 0 Å². The molecule has 0 saturated heterocycles. The lowest BCUT2D eigenvalue weighted by molar-refractivity contribution is 0.0323. The SMILES string of the molecule is OC1(Cn2cncn2)CCCC/C1=C\c1ccc(Cl)cc1Cl. The molecule has 1 aliphatic rings. The lowest BCUT2D eigenvalue weighted by atomic mass is 9.79. The molecule has 22 heavy (non-hydrogen) atoms. The Morgan fingerprint density at radius 3 is 2.91 bits per heavy atom. The van der Waals surface area contributed by atoms with Crippen LogP contribution in [0.5, 0.6) is 0 Å². The summed E-state index contributed by atoms with van der Waals surface area (Å²) in [7, 11) is 0. The maximum atomic E-state index is 11.1. The van der Waals surface area contributed by atoms with Crippen molar-refractivity contribution < 1.29 is 5.11 Å². The zero-order chi connectivity index (χ0) is 15.6. The summed E-state index contributed by atoms with van der Waals surface area (Å²) < 4.78 is 1.67. The zero-order valence-electron chi connectivity index (χ0n) is 12.0. The van der Waals surface area contributed by atoms with Gasteiger partial charge in [-0.1, -0.05) is 35.3 Å². The van der Waals surface area contributed by atoms with Crippen molar-refractivity contribution in [1.82, 2.24) is 14.8 Å². The zero-order valence-corrected chi connectivity index (χ0v) is 13.6. The molecule has 4 nitrogen and oxygen atoms in total. The molecule has 0 amide bonds. The molecule has 1 N–H and O–H groups in total. The summed E-state index contributed by atoms with van der Waals surface area (Å²) in [4.78, 5) is 3.94. The fourth-order valence-electron chi connectivity index (χ4n) is 2.90. The maximum absolute atomic E-state index is 11.1. The Morgan fingerprint density at radius 1 is 1.32 bits per heavy atom. The van der Waals surface area contributed by atoms with Gasteiger partial charge in [0.15, 0.2) is 0 Å². The first kappa shape index (κ1) is 15.5. The molecule has 1 aromatic carbocycles. The summed E-state index contributed by atoms with van der Waals surface area (Å²) in [6, 6.07) is 5.40. The highest BCUT2D eigenvalue weighted by Crippen LogP contribution is 2.37. The van der Waals surface area contributed by atoms with Gasteiger partial charge in [0.2, 0.25) is 0 Å². The van der Waals surface area contributed by atoms with E-state index in [2.05, 4.69) is 10.1 Å². The van der Waals surface area contributed by atoms with E-state index < -0.39 is 5.60 Å². The first-order valence-electron chi connectivity index (χ1n) is 7.28. The van der Waals surface area contributed by atoms with Crippen molar-refractivity contribution in [1.29, 1.82) is 0 Å². The second kappa shape index (κ2) is 6.41. The minimum absolute atomic E-state index is 0.407. The van der Waals surface area contributed by atoms with Gasteiger partial charge in [0.05, 0.1) is 6.54 Å². The van der Waals surface area contributed by atoms with E-state index in [0.717, 1.165) is 30.4 Å². The number of aromatic nitrogens is 3. The molecule has 2 aromatic rings. The number of hydrogen-bond donors (Lipinski definition) is 1. The fourth-order valence-corrected chi connectivity index (χ4v) is 3.36. The van der Waals surface area contributed by atoms with Crippen molar-refractivity contribution in [3.63, 3.8) is 0 Å². The van der Waals surface area contributed by atoms with E-state index in [9.17, 15) is 5.11 Å². The fraction of sp³-hybridized carbons (Fsp3) is 0.375. The molecule has 1 aliphatic carbocycles. The summed E-state index contributed by atoms with van der Waals surface area (Å²) in [5.41, 5.74) is 0.952. The Labute approximate surface area is 139 Å². The lowest BCUT2D eigenvalue weighted by Crippen LogP contribution is -2.38. The molecule has 0 bridgehead atoms. The van der Waals surface area contributed by atoms with Gasteiger partial charge in [-0.25, -0.2) is 9.67 Å². The van der Waals surface area contributed by atoms with Gasteiger partial charge in [-0.2, -0.15) is 5.10 Å². The van der Waals surface area contributed by atoms with Gasteiger partial charge in [0.25, 0.3) is 0 Å². The Bertz CT molecular complexity index is 685. The quantitative estimate of drug-likeness (QED) is 0.921. The Morgan fingerprint density at radius 2 is 2.18 bits per heavy atom. The molecular formula is C16H17Cl2N3O. The third-order valence-corrected chi connectivity index (χ3v) is 4.63. The standard InChI is InChI=1S/C16H17Cl2N3O/c17-14-5-4-12(15(18)8-14)7-13-3-1-2-6-16(13,22)9-21-11-19-10-20-21/h4-5,7-8,10-11,22H,1-3,6,9H2/b13-7+. The van der Waals surface area contributed by atoms with Crippen molar-refractivity contribution in [2.24, 2.45) is 0 Å². The first-order valence-corrected chi connectivity index (χ1v) is 8.03. The third-order valence-electron chi connectivity index (χ3n) is 4.07. The molecule has 1 saturated carbocycles. The summed E-state index contributed by atoms with van der Waals surface area (Å²) >= 11 is 12.2. The molecule has 0 aliphatic heterocycles. The minimum atomic E-state index is -0.908. The number of rotatable bonds is 3. The lowest BCUT2D eigenvalue weighted by Gasteiger charge is -2.35. The summed E-state index contributed by atoms with van der Waals surface area (Å²) in [6.45, 7) is 0.407. The topological polar surface area (TPSA) is 50.9 Å². The van der Waals surface area contributed by atoms with Gasteiger partial charge < -0.3 is 5.11 Å². The second-order valence-electron chi connectivity index (χ2n) is 5.67. The smallest absolute Gasteiger partial charge is 0.137 e. The van der Waals surface area contributed by atoms with Crippen LogP contribution >= 0.6 is 23.2 Å². The van der Waals surface area contributed by atoms with Crippen LogP contribution in [0.15, 0.2) is 36.4 Å². The van der Waals surface area contributed by atoms with Gasteiger partial charge >= 0.3 is 0 Å². The van der Waals surface area contributed by atoms with E-state index in [-0.39, 0.29) is 0 Å². The highest BCUT2D eigenvalue weighted by atomic mass is 35.5. The molecule has 1 heterocycles. The average Bonchev–Trinajstić information content (AvgIpc) is 2.96. The van der Waals surface area contributed by atoms with Crippen LogP contribution in [-0.2, 0) is 6.54 Å². The van der Waals surface area contributed by atoms with Gasteiger partial charge in [-0.05, 0) is 49.0 Å². The second-order valence-corrected chi connectivity index (χ2v) is 6.51. The summed E-state index contributed by atoms with van der Waals surface area (Å²) in [6.07, 6.45) is 8.71. The largest absolute Gasteiger partial charge is 0.384 e. The van der Waals surface area contributed by atoms with Gasteiger partial charge in [-0.15, -0.1) is 0 Å². The third kappa shape index (κ3) is 3.35. The van der Waals surface area contributed by atoms with Crippen LogP contribution in [0.1, 0.15) is 31.2 Å². The van der Waals surface area contributed by atoms with Crippen molar-refractivity contribution in [2.75, 3.05) is 0 Å². The molecule has 1 atom stereocenters. The van der Waals surface area contributed by atoms with Crippen LogP contribution in [0.25, 0.3) is 6.08 Å². The monoisotopic (exact) mass is 337 g/mol. The highest BCUT2D eigenvalue weighted by molar-refractivity contribution is 6.35. The van der Waals surface area contributed by atoms with Crippen molar-refractivity contribution in [3.8, 4) is 0 Å². The number of aliphatic hydroxyl groups is 1. The van der Waals surface area contributed by atoms with Crippen LogP contribution in [0.2, 0.25) is 10.0 Å². The first-order chi connectivity index (χ1) is 10.6. The van der Waals surface area contributed by atoms with Crippen LogP contribution in [0.3, 0.4) is 0 Å². The Hall–Kier alpha value is -1.36. The number of halogens is 2. The van der Waals surface area contributed by atoms with Gasteiger partial charge in [0.1, 0.15) is 18.3 Å². The van der Waals surface area contributed by atoms with E-state index in [1.54, 1.807) is 23.1 Å². The molecule has 1 unspecified atom stereocenters. The highest BCUT2D eigenvalue weighted by Gasteiger charge is 2.34. The maximum Gasteiger partial charge on any atom is 0.137 e.